The van der Waals surface area contributed by atoms with Crippen LogP contribution in [0.1, 0.15) is 44.0 Å². The monoisotopic (exact) mass is 662 g/mol. The molecule has 0 spiro atoms. The molecule has 1 amide bonds. The summed E-state index contributed by atoms with van der Waals surface area (Å²) in [5, 5.41) is 0.924. The second kappa shape index (κ2) is 12.1. The lowest BCUT2D eigenvalue weighted by molar-refractivity contribution is 0.0718. The largest absolute Gasteiger partial charge is 0.361 e. The third-order valence-corrected chi connectivity index (χ3v) is 13.0. The van der Waals surface area contributed by atoms with Gasteiger partial charge < -0.3 is 19.1 Å². The van der Waals surface area contributed by atoms with E-state index in [1.165, 1.54) is 16.4 Å². The van der Waals surface area contributed by atoms with E-state index in [0.29, 0.717) is 26.4 Å². The number of rotatable bonds is 9. The van der Waals surface area contributed by atoms with E-state index in [1.54, 1.807) is 24.1 Å². The number of piperazine rings is 1. The number of sulfonamides is 1. The van der Waals surface area contributed by atoms with Crippen molar-refractivity contribution in [2.75, 3.05) is 31.6 Å². The molecule has 0 radical (unpaired) electrons. The Balaban J connectivity index is 1.52. The zero-order valence-electron chi connectivity index (χ0n) is 26.7. The van der Waals surface area contributed by atoms with Gasteiger partial charge in [-0.2, -0.15) is 4.31 Å². The molecule has 12 heteroatoms. The van der Waals surface area contributed by atoms with E-state index in [-0.39, 0.29) is 33.5 Å². The van der Waals surface area contributed by atoms with Crippen molar-refractivity contribution in [2.24, 2.45) is 0 Å². The molecule has 3 heterocycles. The van der Waals surface area contributed by atoms with Gasteiger partial charge in [-0.05, 0) is 76.1 Å². The minimum absolute atomic E-state index is 0.0189. The van der Waals surface area contributed by atoms with E-state index in [2.05, 4.69) is 29.1 Å². The molecule has 2 aliphatic rings. The highest BCUT2D eigenvalue weighted by atomic mass is 35.5. The Labute approximate surface area is 266 Å². The van der Waals surface area contributed by atoms with Crippen molar-refractivity contribution in [1.82, 2.24) is 13.8 Å². The Morgan fingerprint density at radius 3 is 2.34 bits per heavy atom. The molecule has 5 rings (SSSR count). The number of likely N-dealkylation sites (tertiary alicyclic amines) is 1. The quantitative estimate of drug-likeness (QED) is 0.189. The molecular formula is C32H44ClFN4O4SSi. The van der Waals surface area contributed by atoms with Crippen molar-refractivity contribution in [3.63, 3.8) is 0 Å². The molecule has 2 fully saturated rings. The van der Waals surface area contributed by atoms with Crippen molar-refractivity contribution in [2.45, 2.75) is 88.5 Å². The lowest BCUT2D eigenvalue weighted by Gasteiger charge is -2.43. The highest BCUT2D eigenvalue weighted by molar-refractivity contribution is 7.89. The SMILES string of the molecule is CN(C(C)(C)C)S(=O)(=O)c1cc(N2C3CCC2CN(C(=O)c2ccc(F)cc2Cl)C3)c2c(ccn2COCC[Si](C)(C)C)c1. The lowest BCUT2D eigenvalue weighted by atomic mass is 10.1. The number of hydrogen-bond acceptors (Lipinski definition) is 5. The van der Waals surface area contributed by atoms with Gasteiger partial charge in [0, 0.05) is 64.0 Å². The Bertz CT molecular complexity index is 1650. The number of fused-ring (bicyclic) bond motifs is 3. The van der Waals surface area contributed by atoms with Crippen molar-refractivity contribution >= 4 is 52.2 Å². The van der Waals surface area contributed by atoms with Crippen LogP contribution in [0.5, 0.6) is 0 Å². The van der Waals surface area contributed by atoms with Crippen molar-refractivity contribution in [1.29, 1.82) is 0 Å². The average Bonchev–Trinajstić information content (AvgIpc) is 3.45. The maximum Gasteiger partial charge on any atom is 0.255 e. The highest BCUT2D eigenvalue weighted by Crippen LogP contribution is 2.41. The lowest BCUT2D eigenvalue weighted by Crippen LogP contribution is -2.55. The average molecular weight is 663 g/mol. The van der Waals surface area contributed by atoms with Crippen LogP contribution in [0.15, 0.2) is 47.5 Å². The third kappa shape index (κ3) is 6.58. The standard InChI is InChI=1S/C32H44ClFN4O4SSi/c1-32(2,3)35(4)43(40,41)26-16-22-12-13-36(21-42-14-15-44(5,6)7)30(22)29(18-26)38-24-9-10-25(38)20-37(19-24)31(39)27-11-8-23(34)17-28(27)33/h8,11-13,16-18,24-25H,9-10,14-15,19-21H2,1-7H3. The number of ether oxygens (including phenoxy) is 1. The number of benzene rings is 2. The minimum atomic E-state index is -3.80. The molecule has 1 aromatic heterocycles. The van der Waals surface area contributed by atoms with Crippen molar-refractivity contribution in [3.05, 3.63) is 59.0 Å². The Morgan fingerprint density at radius 2 is 1.75 bits per heavy atom. The first-order valence-electron chi connectivity index (χ1n) is 15.2. The molecular weight excluding hydrogens is 619 g/mol. The summed E-state index contributed by atoms with van der Waals surface area (Å²) in [6, 6.07) is 10.4. The number of nitrogens with zero attached hydrogens (tertiary/aromatic N) is 4. The number of hydrogen-bond donors (Lipinski definition) is 0. The number of carbonyl (C=O) groups excluding carboxylic acids is 1. The van der Waals surface area contributed by atoms with Gasteiger partial charge in [0.25, 0.3) is 5.91 Å². The van der Waals surface area contributed by atoms with Gasteiger partial charge >= 0.3 is 0 Å². The van der Waals surface area contributed by atoms with Crippen LogP contribution in [0.2, 0.25) is 30.7 Å². The topological polar surface area (TPSA) is 75.1 Å². The fraction of sp³-hybridized carbons (Fsp3) is 0.531. The summed E-state index contributed by atoms with van der Waals surface area (Å²) in [6.07, 6.45) is 3.68. The predicted molar refractivity (Wildman–Crippen MR) is 177 cm³/mol. The third-order valence-electron chi connectivity index (χ3n) is 8.85. The molecule has 8 nitrogen and oxygen atoms in total. The van der Waals surface area contributed by atoms with Crippen LogP contribution in [-0.4, -0.2) is 80.5 Å². The molecule has 0 N–H and O–H groups in total. The maximum atomic E-state index is 13.9. The van der Waals surface area contributed by atoms with Gasteiger partial charge in [-0.3, -0.25) is 4.79 Å². The van der Waals surface area contributed by atoms with Crippen molar-refractivity contribution in [3.8, 4) is 0 Å². The molecule has 2 saturated heterocycles. The Kier molecular flexibility index (Phi) is 9.02. The molecule has 2 unspecified atom stereocenters. The summed E-state index contributed by atoms with van der Waals surface area (Å²) >= 11 is 6.25. The highest BCUT2D eigenvalue weighted by Gasteiger charge is 2.43. The van der Waals surface area contributed by atoms with Crippen LogP contribution in [-0.2, 0) is 21.5 Å². The van der Waals surface area contributed by atoms with Gasteiger partial charge in [-0.25, -0.2) is 12.8 Å². The van der Waals surface area contributed by atoms with Gasteiger partial charge in [0.2, 0.25) is 10.0 Å². The summed E-state index contributed by atoms with van der Waals surface area (Å²) in [5.41, 5.74) is 1.44. The van der Waals surface area contributed by atoms with E-state index in [9.17, 15) is 17.6 Å². The minimum Gasteiger partial charge on any atom is -0.361 e. The second-order valence-corrected chi connectivity index (χ2v) is 22.3. The van der Waals surface area contributed by atoms with Crippen LogP contribution in [0.4, 0.5) is 10.1 Å². The van der Waals surface area contributed by atoms with Gasteiger partial charge in [-0.15, -0.1) is 0 Å². The Hall–Kier alpha value is -2.44. The van der Waals surface area contributed by atoms with E-state index >= 15 is 0 Å². The molecule has 240 valence electrons. The first-order valence-corrected chi connectivity index (χ1v) is 20.7. The molecule has 2 bridgehead atoms. The molecule has 0 aliphatic carbocycles. The van der Waals surface area contributed by atoms with Crippen molar-refractivity contribution < 1.29 is 22.3 Å². The Morgan fingerprint density at radius 1 is 1.09 bits per heavy atom. The molecule has 2 aromatic carbocycles. The molecule has 2 aliphatic heterocycles. The normalized spacial score (nSPS) is 19.4. The summed E-state index contributed by atoms with van der Waals surface area (Å²) in [6.45, 7) is 14.5. The second-order valence-electron chi connectivity index (χ2n) is 14.3. The fourth-order valence-corrected chi connectivity index (χ4v) is 8.69. The molecule has 2 atom stereocenters. The van der Waals surface area contributed by atoms with Crippen LogP contribution in [0.25, 0.3) is 10.9 Å². The number of carbonyl (C=O) groups is 1. The van der Waals surface area contributed by atoms with Crippen LogP contribution in [0.3, 0.4) is 0 Å². The van der Waals surface area contributed by atoms with Gasteiger partial charge in [-0.1, -0.05) is 31.2 Å². The number of halogens is 2. The summed E-state index contributed by atoms with van der Waals surface area (Å²) in [5.74, 6) is -0.709. The first kappa shape index (κ1) is 32.9. The smallest absolute Gasteiger partial charge is 0.255 e. The number of anilines is 1. The molecule has 0 saturated carbocycles. The fourth-order valence-electron chi connectivity index (χ4n) is 6.11. The predicted octanol–water partition coefficient (Wildman–Crippen LogP) is 6.66. The van der Waals surface area contributed by atoms with E-state index in [1.807, 2.05) is 33.0 Å². The van der Waals surface area contributed by atoms with Gasteiger partial charge in [0.05, 0.1) is 26.7 Å². The number of aromatic nitrogens is 1. The zero-order chi connectivity index (χ0) is 32.2. The van der Waals surface area contributed by atoms with Crippen LogP contribution in [0, 0.1) is 5.82 Å². The van der Waals surface area contributed by atoms with E-state index in [0.717, 1.165) is 41.5 Å². The van der Waals surface area contributed by atoms with Gasteiger partial charge in [0.1, 0.15) is 12.5 Å². The molecule has 44 heavy (non-hydrogen) atoms. The number of amides is 1. The van der Waals surface area contributed by atoms with E-state index in [4.69, 9.17) is 16.3 Å². The molecule has 3 aromatic rings. The maximum absolute atomic E-state index is 13.9. The first-order chi connectivity index (χ1) is 20.5. The summed E-state index contributed by atoms with van der Waals surface area (Å²) < 4.78 is 51.1. The van der Waals surface area contributed by atoms with Crippen LogP contribution < -0.4 is 4.90 Å². The van der Waals surface area contributed by atoms with Gasteiger partial charge in [0.15, 0.2) is 0 Å². The summed E-state index contributed by atoms with van der Waals surface area (Å²) in [4.78, 5) is 17.8. The zero-order valence-corrected chi connectivity index (χ0v) is 29.3. The summed E-state index contributed by atoms with van der Waals surface area (Å²) in [7, 11) is -3.44. The van der Waals surface area contributed by atoms with Crippen LogP contribution >= 0.6 is 11.6 Å². The van der Waals surface area contributed by atoms with E-state index < -0.39 is 29.5 Å².